The summed E-state index contributed by atoms with van der Waals surface area (Å²) in [6.07, 6.45) is 0.493. The van der Waals surface area contributed by atoms with Crippen LogP contribution in [0.1, 0.15) is 24.4 Å². The number of carbonyl (C=O) groups excluding carboxylic acids is 2. The molecule has 0 spiro atoms. The van der Waals surface area contributed by atoms with Crippen molar-refractivity contribution in [1.82, 2.24) is 4.90 Å². The zero-order valence-electron chi connectivity index (χ0n) is 17.5. The molecule has 6 rings (SSSR count). The first kappa shape index (κ1) is 19.9. The third-order valence-electron chi connectivity index (χ3n) is 7.90. The highest BCUT2D eigenvalue weighted by Crippen LogP contribution is 2.66. The quantitative estimate of drug-likeness (QED) is 0.313. The van der Waals surface area contributed by atoms with Crippen LogP contribution in [-0.4, -0.2) is 44.8 Å². The molecule has 2 aromatic carbocycles. The Bertz CT molecular complexity index is 1150. The van der Waals surface area contributed by atoms with E-state index in [0.29, 0.717) is 5.56 Å². The molecule has 7 atom stereocenters. The van der Waals surface area contributed by atoms with Gasteiger partial charge in [0, 0.05) is 17.8 Å². The van der Waals surface area contributed by atoms with E-state index in [0.717, 1.165) is 12.1 Å². The average molecular weight is 447 g/mol. The lowest BCUT2D eigenvalue weighted by Gasteiger charge is -2.28. The van der Waals surface area contributed by atoms with E-state index in [-0.39, 0.29) is 47.8 Å². The lowest BCUT2D eigenvalue weighted by molar-refractivity contribution is -0.384. The molecule has 7 unspecified atom stereocenters. The molecular weight excluding hydrogens is 426 g/mol. The molecule has 2 aliphatic carbocycles. The lowest BCUT2D eigenvalue weighted by Crippen LogP contribution is -2.38. The van der Waals surface area contributed by atoms with Gasteiger partial charge in [0.1, 0.15) is 0 Å². The van der Waals surface area contributed by atoms with Gasteiger partial charge in [-0.15, -0.1) is 0 Å². The van der Waals surface area contributed by atoms with E-state index in [4.69, 9.17) is 0 Å². The summed E-state index contributed by atoms with van der Waals surface area (Å²) in [4.78, 5) is 52.5. The second-order valence-corrected chi connectivity index (χ2v) is 9.35. The van der Waals surface area contributed by atoms with Crippen molar-refractivity contribution in [3.63, 3.8) is 0 Å². The van der Waals surface area contributed by atoms with Gasteiger partial charge in [-0.25, -0.2) is 0 Å². The fourth-order valence-corrected chi connectivity index (χ4v) is 6.73. The topological polar surface area (TPSA) is 121 Å². The number of carboxylic acids is 1. The second-order valence-electron chi connectivity index (χ2n) is 9.35. The maximum atomic E-state index is 13.5. The molecule has 1 N–H and O–H groups in total. The number of fused-ring (bicyclic) bond motifs is 8. The number of rotatable bonds is 6. The van der Waals surface area contributed by atoms with Crippen LogP contribution in [-0.2, 0) is 14.4 Å². The summed E-state index contributed by atoms with van der Waals surface area (Å²) in [7, 11) is 0. The van der Waals surface area contributed by atoms with Crippen molar-refractivity contribution >= 4 is 29.2 Å². The predicted octanol–water partition coefficient (Wildman–Crippen LogP) is 2.62. The van der Waals surface area contributed by atoms with E-state index in [1.54, 1.807) is 36.4 Å². The van der Waals surface area contributed by atoms with E-state index < -0.39 is 28.8 Å². The number of hydrogen-bond acceptors (Lipinski definition) is 6. The van der Waals surface area contributed by atoms with Gasteiger partial charge in [0.25, 0.3) is 5.69 Å². The van der Waals surface area contributed by atoms with Gasteiger partial charge < -0.3 is 10.0 Å². The third kappa shape index (κ3) is 2.74. The van der Waals surface area contributed by atoms with Crippen LogP contribution >= 0.6 is 0 Å². The van der Waals surface area contributed by atoms with Crippen LogP contribution in [0.2, 0.25) is 0 Å². The number of nitro groups is 1. The minimum absolute atomic E-state index is 0.0250. The summed E-state index contributed by atoms with van der Waals surface area (Å²) in [5, 5.41) is 20.4. The molecule has 2 heterocycles. The minimum atomic E-state index is -1.06. The summed E-state index contributed by atoms with van der Waals surface area (Å²) < 4.78 is 0. The van der Waals surface area contributed by atoms with Crippen molar-refractivity contribution < 1.29 is 24.4 Å². The summed E-state index contributed by atoms with van der Waals surface area (Å²) in [5.41, 5.74) is 1.54. The van der Waals surface area contributed by atoms with Gasteiger partial charge in [0.05, 0.1) is 41.3 Å². The number of anilines is 1. The van der Waals surface area contributed by atoms with Crippen molar-refractivity contribution in [1.29, 1.82) is 0 Å². The molecule has 4 aliphatic rings. The molecule has 2 saturated carbocycles. The zero-order valence-corrected chi connectivity index (χ0v) is 17.5. The van der Waals surface area contributed by atoms with Gasteiger partial charge in [-0.1, -0.05) is 30.3 Å². The van der Waals surface area contributed by atoms with Gasteiger partial charge in [0.15, 0.2) is 0 Å². The number of non-ortho nitro benzene ring substituents is 1. The minimum Gasteiger partial charge on any atom is -0.481 e. The molecule has 2 saturated heterocycles. The third-order valence-corrected chi connectivity index (χ3v) is 7.90. The molecule has 2 amide bonds. The second kappa shape index (κ2) is 6.87. The number of nitro benzene ring substituents is 1. The number of benzene rings is 2. The Kier molecular flexibility index (Phi) is 4.14. The van der Waals surface area contributed by atoms with E-state index in [9.17, 15) is 29.6 Å². The Labute approximate surface area is 188 Å². The number of carboxylic acid groups (broad SMARTS) is 1. The maximum Gasteiger partial charge on any atom is 0.305 e. The van der Waals surface area contributed by atoms with Crippen LogP contribution in [0.25, 0.3) is 0 Å². The fourth-order valence-electron chi connectivity index (χ4n) is 6.73. The number of carbonyl (C=O) groups is 3. The number of piperidine rings is 1. The summed E-state index contributed by atoms with van der Waals surface area (Å²) >= 11 is 0. The number of imide groups is 1. The molecule has 2 bridgehead atoms. The Balaban J connectivity index is 1.28. The molecule has 9 heteroatoms. The van der Waals surface area contributed by atoms with E-state index in [1.807, 2.05) is 6.07 Å². The Morgan fingerprint density at radius 2 is 1.58 bits per heavy atom. The maximum absolute atomic E-state index is 13.5. The summed E-state index contributed by atoms with van der Waals surface area (Å²) in [5.74, 6) is -2.37. The number of hydrogen-bond donors (Lipinski definition) is 1. The molecule has 33 heavy (non-hydrogen) atoms. The normalized spacial score (nSPS) is 32.0. The van der Waals surface area contributed by atoms with Crippen LogP contribution in [0, 0.1) is 33.8 Å². The summed E-state index contributed by atoms with van der Waals surface area (Å²) in [6.45, 7) is 0. The monoisotopic (exact) mass is 447 g/mol. The molecule has 4 fully saturated rings. The van der Waals surface area contributed by atoms with Gasteiger partial charge >= 0.3 is 5.97 Å². The molecule has 0 aromatic heterocycles. The van der Waals surface area contributed by atoms with Gasteiger partial charge in [0.2, 0.25) is 11.8 Å². The lowest BCUT2D eigenvalue weighted by atomic mass is 9.81. The molecular formula is C24H21N3O6. The van der Waals surface area contributed by atoms with E-state index in [1.165, 1.54) is 17.0 Å². The Morgan fingerprint density at radius 1 is 1.00 bits per heavy atom. The van der Waals surface area contributed by atoms with Gasteiger partial charge in [-0.05, 0) is 36.0 Å². The van der Waals surface area contributed by atoms with E-state index in [2.05, 4.69) is 4.90 Å². The molecule has 0 radical (unpaired) electrons. The highest BCUT2D eigenvalue weighted by atomic mass is 16.6. The van der Waals surface area contributed by atoms with Gasteiger partial charge in [-0.2, -0.15) is 0 Å². The number of amides is 2. The Morgan fingerprint density at radius 3 is 2.09 bits per heavy atom. The number of likely N-dealkylation sites (tertiary alicyclic amines) is 1. The van der Waals surface area contributed by atoms with Crippen LogP contribution < -0.4 is 4.90 Å². The SMILES string of the molecule is O=C(O)CC(c1ccccc1)N1C(=O)C2C3CC(C2C1=O)C1C3N1c1ccc([N+](=O)[O-])cc1. The Hall–Kier alpha value is -3.75. The van der Waals surface area contributed by atoms with Crippen molar-refractivity contribution in [2.75, 3.05) is 4.90 Å². The van der Waals surface area contributed by atoms with Crippen molar-refractivity contribution in [2.45, 2.75) is 31.0 Å². The van der Waals surface area contributed by atoms with Crippen LogP contribution in [0.4, 0.5) is 11.4 Å². The molecule has 168 valence electrons. The zero-order chi connectivity index (χ0) is 23.0. The standard InChI is InChI=1S/C24H21N3O6/c28-18(29)11-17(12-4-2-1-3-5-12)26-23(30)19-15-10-16(20(19)24(26)31)22-21(15)25(22)13-6-8-14(9-7-13)27(32)33/h1-9,15-17,19-22H,10-11H2,(H,28,29). The molecule has 2 aromatic rings. The molecule has 2 aliphatic heterocycles. The van der Waals surface area contributed by atoms with Crippen LogP contribution in [0.3, 0.4) is 0 Å². The predicted molar refractivity (Wildman–Crippen MR) is 115 cm³/mol. The smallest absolute Gasteiger partial charge is 0.305 e. The largest absolute Gasteiger partial charge is 0.481 e. The molecule has 9 nitrogen and oxygen atoms in total. The number of nitrogens with zero attached hydrogens (tertiary/aromatic N) is 3. The first-order chi connectivity index (χ1) is 15.9. The first-order valence-electron chi connectivity index (χ1n) is 11.0. The fraction of sp³-hybridized carbons (Fsp3) is 0.375. The van der Waals surface area contributed by atoms with Gasteiger partial charge in [-0.3, -0.25) is 29.4 Å². The average Bonchev–Trinajstić information content (AvgIpc) is 3.14. The van der Waals surface area contributed by atoms with Crippen molar-refractivity contribution in [3.05, 3.63) is 70.3 Å². The van der Waals surface area contributed by atoms with E-state index >= 15 is 0 Å². The summed E-state index contributed by atoms with van der Waals surface area (Å²) in [6, 6.07) is 14.7. The van der Waals surface area contributed by atoms with Crippen molar-refractivity contribution in [3.8, 4) is 0 Å². The van der Waals surface area contributed by atoms with Crippen LogP contribution in [0.15, 0.2) is 54.6 Å². The first-order valence-corrected chi connectivity index (χ1v) is 11.0. The van der Waals surface area contributed by atoms with Crippen LogP contribution in [0.5, 0.6) is 0 Å². The highest BCUT2D eigenvalue weighted by molar-refractivity contribution is 6.07. The van der Waals surface area contributed by atoms with Crippen molar-refractivity contribution in [2.24, 2.45) is 23.7 Å². The number of aliphatic carboxylic acids is 1. The highest BCUT2D eigenvalue weighted by Gasteiger charge is 2.76.